The lowest BCUT2D eigenvalue weighted by molar-refractivity contribution is -0.0434. The number of nitriles is 2. The Balaban J connectivity index is 1.51. The van der Waals surface area contributed by atoms with Crippen LogP contribution < -0.4 is 9.80 Å². The molecule has 0 saturated carbocycles. The number of amidine groups is 1. The van der Waals surface area contributed by atoms with Crippen molar-refractivity contribution in [1.29, 1.82) is 10.5 Å². The lowest BCUT2D eigenvalue weighted by Gasteiger charge is -2.68. The van der Waals surface area contributed by atoms with Crippen molar-refractivity contribution in [3.8, 4) is 12.1 Å². The summed E-state index contributed by atoms with van der Waals surface area (Å²) in [5, 5.41) is 22.4. The van der Waals surface area contributed by atoms with Crippen LogP contribution in [-0.4, -0.2) is 66.7 Å². The summed E-state index contributed by atoms with van der Waals surface area (Å²) in [6, 6.07) is 22.4. The third kappa shape index (κ3) is 3.55. The highest BCUT2D eigenvalue weighted by molar-refractivity contribution is 7.80. The molecule has 39 heavy (non-hydrogen) atoms. The second-order valence-electron chi connectivity index (χ2n) is 11.6. The van der Waals surface area contributed by atoms with Crippen LogP contribution in [0.5, 0.6) is 0 Å². The van der Waals surface area contributed by atoms with E-state index in [1.165, 1.54) is 11.1 Å². The topological polar surface area (TPSA) is 72.9 Å². The van der Waals surface area contributed by atoms with Gasteiger partial charge in [0.05, 0.1) is 18.8 Å². The van der Waals surface area contributed by atoms with E-state index in [1.54, 1.807) is 0 Å². The average Bonchev–Trinajstić information content (AvgIpc) is 2.97. The fourth-order valence-corrected chi connectivity index (χ4v) is 7.92. The van der Waals surface area contributed by atoms with E-state index in [2.05, 4.69) is 96.1 Å². The molecule has 8 heteroatoms. The first-order valence-electron chi connectivity index (χ1n) is 13.9. The minimum absolute atomic E-state index is 0.461. The van der Waals surface area contributed by atoms with Gasteiger partial charge >= 0.3 is 0 Å². The smallest absolute Gasteiger partial charge is 0.140 e. The quantitative estimate of drug-likeness (QED) is 0.525. The molecule has 0 amide bonds. The predicted octanol–water partition coefficient (Wildman–Crippen LogP) is 4.72. The second-order valence-corrected chi connectivity index (χ2v) is 12.0. The Kier molecular flexibility index (Phi) is 6.17. The summed E-state index contributed by atoms with van der Waals surface area (Å²) < 4.78 is 0. The molecule has 2 atom stereocenters. The number of thiocarbonyl (C=S) groups is 1. The monoisotopic (exact) mass is 537 g/mol. The molecule has 2 aromatic carbocycles. The fraction of sp³-hybridized carbons (Fsp3) is 0.484. The molecule has 7 nitrogen and oxygen atoms in total. The van der Waals surface area contributed by atoms with Crippen molar-refractivity contribution in [2.75, 3.05) is 55.9 Å². The molecular formula is C31H35N7S. The molecule has 3 fully saturated rings. The first-order valence-corrected chi connectivity index (χ1v) is 14.3. The van der Waals surface area contributed by atoms with Crippen LogP contribution >= 0.6 is 12.2 Å². The van der Waals surface area contributed by atoms with Crippen molar-refractivity contribution in [1.82, 2.24) is 9.80 Å². The van der Waals surface area contributed by atoms with Crippen molar-refractivity contribution in [3.05, 3.63) is 59.7 Å². The second kappa shape index (κ2) is 9.33. The highest BCUT2D eigenvalue weighted by Crippen LogP contribution is 2.66. The number of hydrogen-bond donors (Lipinski definition) is 0. The van der Waals surface area contributed by atoms with Gasteiger partial charge in [0, 0.05) is 29.9 Å². The Morgan fingerprint density at radius 2 is 1.38 bits per heavy atom. The van der Waals surface area contributed by atoms with E-state index in [0.717, 1.165) is 49.7 Å². The van der Waals surface area contributed by atoms with E-state index < -0.39 is 16.2 Å². The van der Waals surface area contributed by atoms with Gasteiger partial charge in [-0.15, -0.1) is 0 Å². The number of rotatable bonds is 3. The van der Waals surface area contributed by atoms with Gasteiger partial charge in [-0.3, -0.25) is 0 Å². The average molecular weight is 538 g/mol. The molecule has 2 unspecified atom stereocenters. The van der Waals surface area contributed by atoms with E-state index in [-0.39, 0.29) is 0 Å². The lowest BCUT2D eigenvalue weighted by Crippen LogP contribution is -2.80. The van der Waals surface area contributed by atoms with Crippen molar-refractivity contribution >= 4 is 34.4 Å². The van der Waals surface area contributed by atoms with E-state index >= 15 is 0 Å². The lowest BCUT2D eigenvalue weighted by atomic mass is 9.43. The SMILES string of the molecule is CCN1CCC2(CC1)C1(C#N)CN(c3ccc(C)cc3)CC2(C#N)C2=NCN(c3ccc(C)cc3)CN2C1=S. The van der Waals surface area contributed by atoms with Gasteiger partial charge in [0.2, 0.25) is 0 Å². The maximum atomic E-state index is 11.2. The summed E-state index contributed by atoms with van der Waals surface area (Å²) in [7, 11) is 0. The number of anilines is 2. The number of fused-ring (bicyclic) bond motifs is 2. The maximum absolute atomic E-state index is 11.2. The molecular weight excluding hydrogens is 502 g/mol. The third-order valence-electron chi connectivity index (χ3n) is 9.78. The van der Waals surface area contributed by atoms with Gasteiger partial charge in [-0.1, -0.05) is 54.5 Å². The molecule has 0 aromatic heterocycles. The van der Waals surface area contributed by atoms with Crippen molar-refractivity contribution in [2.24, 2.45) is 21.2 Å². The summed E-state index contributed by atoms with van der Waals surface area (Å²) in [6.45, 7) is 11.0. The van der Waals surface area contributed by atoms with Crippen LogP contribution in [0.25, 0.3) is 0 Å². The highest BCUT2D eigenvalue weighted by Gasteiger charge is 2.76. The standard InChI is InChI=1S/C31H35N7S/c1-4-35-15-13-31(14-16-35)29(17-32)19-36(25-9-5-23(2)6-10-25)20-30(31,18-33)28(39)38-22-37(21-34-27(29)38)26-11-7-24(3)8-12-26/h5-12H,4,13-16,19-22H2,1-3H3. The molecule has 200 valence electrons. The Morgan fingerprint density at radius 3 is 1.92 bits per heavy atom. The summed E-state index contributed by atoms with van der Waals surface area (Å²) in [6.07, 6.45) is 1.52. The third-order valence-corrected chi connectivity index (χ3v) is 10.3. The minimum atomic E-state index is -0.990. The van der Waals surface area contributed by atoms with Crippen LogP contribution in [0.4, 0.5) is 11.4 Å². The van der Waals surface area contributed by atoms with Gasteiger partial charge in [0.15, 0.2) is 0 Å². The molecule has 0 radical (unpaired) electrons. The number of hydrogen-bond acceptors (Lipinski definition) is 7. The zero-order valence-corrected chi connectivity index (χ0v) is 23.8. The summed E-state index contributed by atoms with van der Waals surface area (Å²) in [5.41, 5.74) is 1.93. The summed E-state index contributed by atoms with van der Waals surface area (Å²) in [5.74, 6) is 0.756. The largest absolute Gasteiger partial charge is 0.367 e. The number of piperidine rings is 3. The number of aryl methyl sites for hydroxylation is 2. The Hall–Kier alpha value is -3.46. The molecule has 6 rings (SSSR count). The van der Waals surface area contributed by atoms with Crippen LogP contribution in [0, 0.1) is 52.8 Å². The van der Waals surface area contributed by atoms with Crippen molar-refractivity contribution in [2.45, 2.75) is 33.6 Å². The molecule has 0 N–H and O–H groups in total. The summed E-state index contributed by atoms with van der Waals surface area (Å²) in [4.78, 5) is 14.6. The van der Waals surface area contributed by atoms with E-state index in [1.807, 2.05) is 4.90 Å². The van der Waals surface area contributed by atoms with Crippen LogP contribution in [-0.2, 0) is 0 Å². The van der Waals surface area contributed by atoms with Gasteiger partial charge in [0.1, 0.15) is 28.3 Å². The Morgan fingerprint density at radius 1 is 0.846 bits per heavy atom. The van der Waals surface area contributed by atoms with Gasteiger partial charge in [-0.05, 0) is 70.6 Å². The van der Waals surface area contributed by atoms with Crippen molar-refractivity contribution < 1.29 is 0 Å². The number of likely N-dealkylation sites (tertiary alicyclic amines) is 1. The molecule has 4 aliphatic rings. The van der Waals surface area contributed by atoms with Crippen LogP contribution in [0.3, 0.4) is 0 Å². The minimum Gasteiger partial charge on any atom is -0.367 e. The summed E-state index contributed by atoms with van der Waals surface area (Å²) >= 11 is 6.32. The van der Waals surface area contributed by atoms with E-state index in [0.29, 0.717) is 31.4 Å². The number of benzene rings is 2. The fourth-order valence-electron chi connectivity index (χ4n) is 7.47. The molecule has 2 aromatic rings. The van der Waals surface area contributed by atoms with Gasteiger partial charge < -0.3 is 19.6 Å². The van der Waals surface area contributed by atoms with Crippen LogP contribution in [0.2, 0.25) is 0 Å². The van der Waals surface area contributed by atoms with Crippen LogP contribution in [0.1, 0.15) is 30.9 Å². The Bertz CT molecular complexity index is 1390. The normalized spacial score (nSPS) is 28.0. The first-order chi connectivity index (χ1) is 18.8. The maximum Gasteiger partial charge on any atom is 0.140 e. The molecule has 4 aliphatic heterocycles. The zero-order chi connectivity index (χ0) is 27.4. The first kappa shape index (κ1) is 25.8. The Labute approximate surface area is 236 Å². The molecule has 0 aliphatic carbocycles. The zero-order valence-electron chi connectivity index (χ0n) is 23.0. The molecule has 4 heterocycles. The van der Waals surface area contributed by atoms with Gasteiger partial charge in [-0.25, -0.2) is 4.99 Å². The number of aliphatic imine (C=N–C) groups is 1. The number of nitrogens with zero attached hydrogens (tertiary/aromatic N) is 7. The highest BCUT2D eigenvalue weighted by atomic mass is 32.1. The van der Waals surface area contributed by atoms with Crippen LogP contribution in [0.15, 0.2) is 53.5 Å². The van der Waals surface area contributed by atoms with Crippen molar-refractivity contribution in [3.63, 3.8) is 0 Å². The van der Waals surface area contributed by atoms with E-state index in [9.17, 15) is 10.5 Å². The predicted molar refractivity (Wildman–Crippen MR) is 159 cm³/mol. The molecule has 1 spiro atoms. The molecule has 3 saturated heterocycles. The van der Waals surface area contributed by atoms with E-state index in [4.69, 9.17) is 17.2 Å². The van der Waals surface area contributed by atoms with Gasteiger partial charge in [0.25, 0.3) is 0 Å². The molecule has 2 bridgehead atoms. The van der Waals surface area contributed by atoms with Gasteiger partial charge in [-0.2, -0.15) is 10.5 Å².